The van der Waals surface area contributed by atoms with Crippen molar-refractivity contribution in [1.82, 2.24) is 0 Å². The Hall–Kier alpha value is -1.27. The fourth-order valence-electron chi connectivity index (χ4n) is 1.51. The molecule has 1 rings (SSSR count). The first kappa shape index (κ1) is 17.8. The maximum atomic E-state index is 13.0. The zero-order chi connectivity index (χ0) is 16.0. The normalized spacial score (nSPS) is 12.8. The second kappa shape index (κ2) is 7.66. The molecule has 0 aliphatic heterocycles. The molecule has 2 N–H and O–H groups in total. The van der Waals surface area contributed by atoms with Gasteiger partial charge in [0.1, 0.15) is 0 Å². The number of rotatable bonds is 6. The van der Waals surface area contributed by atoms with Gasteiger partial charge in [-0.2, -0.15) is 13.2 Å². The Morgan fingerprint density at radius 3 is 2.48 bits per heavy atom. The Morgan fingerprint density at radius 2 is 1.95 bits per heavy atom. The van der Waals surface area contributed by atoms with Crippen LogP contribution in [0.2, 0.25) is 0 Å². The van der Waals surface area contributed by atoms with E-state index in [-0.39, 0.29) is 4.90 Å². The van der Waals surface area contributed by atoms with E-state index < -0.39 is 11.7 Å². The predicted octanol–water partition coefficient (Wildman–Crippen LogP) is 5.34. The summed E-state index contributed by atoms with van der Waals surface area (Å²) in [6.07, 6.45) is -1.29. The summed E-state index contributed by atoms with van der Waals surface area (Å²) in [5.74, 6) is 0. The van der Waals surface area contributed by atoms with Crippen LogP contribution in [-0.4, -0.2) is 5.08 Å². The van der Waals surface area contributed by atoms with Crippen LogP contribution in [0.1, 0.15) is 11.1 Å². The van der Waals surface area contributed by atoms with Crippen LogP contribution in [0.5, 0.6) is 0 Å². The van der Waals surface area contributed by atoms with E-state index in [0.29, 0.717) is 21.3 Å². The van der Waals surface area contributed by atoms with Gasteiger partial charge in [0.15, 0.2) is 0 Å². The summed E-state index contributed by atoms with van der Waals surface area (Å²) in [5, 5.41) is 0.405. The van der Waals surface area contributed by atoms with Crippen molar-refractivity contribution in [1.29, 1.82) is 0 Å². The van der Waals surface area contributed by atoms with Crippen molar-refractivity contribution in [3.05, 3.63) is 65.2 Å². The Labute approximate surface area is 131 Å². The van der Waals surface area contributed by atoms with Crippen LogP contribution >= 0.6 is 23.5 Å². The number of aryl methyl sites for hydroxylation is 1. The number of halogens is 3. The molecule has 0 saturated carbocycles. The standard InChI is InChI=1S/C15H16F3NS2/c1-4-12(19)13(5-2)20-9-21-14-7-6-10(3)8-11(14)15(16,17)18/h4-8H,1-2,9,19H2,3H3/b13-12-. The lowest BCUT2D eigenvalue weighted by Gasteiger charge is -2.13. The number of hydrogen-bond donors (Lipinski definition) is 1. The fraction of sp³-hybridized carbons (Fsp3) is 0.200. The second-order valence-corrected chi connectivity index (χ2v) is 6.53. The molecule has 1 aromatic carbocycles. The summed E-state index contributed by atoms with van der Waals surface area (Å²) in [5.41, 5.74) is 6.16. The van der Waals surface area contributed by atoms with E-state index in [1.807, 2.05) is 0 Å². The predicted molar refractivity (Wildman–Crippen MR) is 86.1 cm³/mol. The summed E-state index contributed by atoms with van der Waals surface area (Å²) in [6, 6.07) is 4.33. The second-order valence-electron chi connectivity index (χ2n) is 4.13. The summed E-state index contributed by atoms with van der Waals surface area (Å²) >= 11 is 2.46. The van der Waals surface area contributed by atoms with Crippen LogP contribution in [0.4, 0.5) is 13.2 Å². The maximum Gasteiger partial charge on any atom is 0.417 e. The van der Waals surface area contributed by atoms with Crippen molar-refractivity contribution in [2.75, 3.05) is 5.08 Å². The van der Waals surface area contributed by atoms with Gasteiger partial charge in [0.05, 0.1) is 5.56 Å². The highest BCUT2D eigenvalue weighted by Crippen LogP contribution is 2.39. The fourth-order valence-corrected chi connectivity index (χ4v) is 3.62. The highest BCUT2D eigenvalue weighted by Gasteiger charge is 2.33. The molecule has 0 atom stereocenters. The summed E-state index contributed by atoms with van der Waals surface area (Å²) in [6.45, 7) is 8.82. The zero-order valence-corrected chi connectivity index (χ0v) is 13.2. The number of thioether (sulfide) groups is 2. The minimum atomic E-state index is -4.35. The van der Waals surface area contributed by atoms with Crippen LogP contribution in [-0.2, 0) is 6.18 Å². The van der Waals surface area contributed by atoms with E-state index in [0.717, 1.165) is 17.8 Å². The summed E-state index contributed by atoms with van der Waals surface area (Å²) in [4.78, 5) is 0.916. The lowest BCUT2D eigenvalue weighted by Crippen LogP contribution is -2.07. The topological polar surface area (TPSA) is 26.0 Å². The average molecular weight is 331 g/mol. The average Bonchev–Trinajstić information content (AvgIpc) is 2.43. The number of alkyl halides is 3. The maximum absolute atomic E-state index is 13.0. The van der Waals surface area contributed by atoms with Gasteiger partial charge in [-0.15, -0.1) is 23.5 Å². The molecule has 0 aliphatic carbocycles. The third-order valence-corrected chi connectivity index (χ3v) is 4.88. The molecule has 0 bridgehead atoms. The van der Waals surface area contributed by atoms with Crippen LogP contribution < -0.4 is 5.73 Å². The van der Waals surface area contributed by atoms with Crippen molar-refractivity contribution in [2.24, 2.45) is 5.73 Å². The van der Waals surface area contributed by atoms with Crippen molar-refractivity contribution in [2.45, 2.75) is 18.0 Å². The zero-order valence-electron chi connectivity index (χ0n) is 11.5. The molecule has 0 aromatic heterocycles. The van der Waals surface area contributed by atoms with Crippen LogP contribution in [0.15, 0.2) is 59.0 Å². The van der Waals surface area contributed by atoms with Gasteiger partial charge in [-0.05, 0) is 25.1 Å². The quantitative estimate of drug-likeness (QED) is 0.433. The minimum absolute atomic E-state index is 0.209. The molecular formula is C15H16F3NS2. The Morgan fingerprint density at radius 1 is 1.29 bits per heavy atom. The van der Waals surface area contributed by atoms with Gasteiger partial charge in [-0.1, -0.05) is 30.9 Å². The minimum Gasteiger partial charge on any atom is -0.398 e. The number of hydrogen-bond acceptors (Lipinski definition) is 3. The first-order valence-corrected chi connectivity index (χ1v) is 7.94. The van der Waals surface area contributed by atoms with Gasteiger partial charge in [0.2, 0.25) is 0 Å². The largest absolute Gasteiger partial charge is 0.417 e. The van der Waals surface area contributed by atoms with Gasteiger partial charge in [0, 0.05) is 20.6 Å². The van der Waals surface area contributed by atoms with E-state index in [2.05, 4.69) is 13.2 Å². The molecule has 21 heavy (non-hydrogen) atoms. The molecule has 114 valence electrons. The van der Waals surface area contributed by atoms with Gasteiger partial charge in [-0.3, -0.25) is 0 Å². The summed E-state index contributed by atoms with van der Waals surface area (Å²) in [7, 11) is 0. The molecule has 1 nitrogen and oxygen atoms in total. The van der Waals surface area contributed by atoms with E-state index in [9.17, 15) is 13.2 Å². The van der Waals surface area contributed by atoms with Gasteiger partial charge >= 0.3 is 6.18 Å². The third-order valence-electron chi connectivity index (χ3n) is 2.56. The molecule has 6 heteroatoms. The molecule has 0 aliphatic rings. The molecule has 0 fully saturated rings. The van der Waals surface area contributed by atoms with Crippen molar-refractivity contribution in [3.63, 3.8) is 0 Å². The molecule has 0 radical (unpaired) electrons. The number of nitrogens with two attached hydrogens (primary N) is 1. The van der Waals surface area contributed by atoms with Crippen LogP contribution in [0.3, 0.4) is 0 Å². The van der Waals surface area contributed by atoms with Crippen LogP contribution in [0.25, 0.3) is 0 Å². The lowest BCUT2D eigenvalue weighted by atomic mass is 10.1. The van der Waals surface area contributed by atoms with Gasteiger partial charge in [-0.25, -0.2) is 0 Å². The van der Waals surface area contributed by atoms with Crippen molar-refractivity contribution >= 4 is 23.5 Å². The molecule has 0 saturated heterocycles. The Kier molecular flexibility index (Phi) is 6.48. The van der Waals surface area contributed by atoms with Gasteiger partial charge in [0.25, 0.3) is 0 Å². The SMILES string of the molecule is C=C/C(N)=C(\C=C)SCSc1ccc(C)cc1C(F)(F)F. The smallest absolute Gasteiger partial charge is 0.398 e. The monoisotopic (exact) mass is 331 g/mol. The van der Waals surface area contributed by atoms with Crippen molar-refractivity contribution in [3.8, 4) is 0 Å². The Bertz CT molecular complexity index is 563. The molecule has 0 heterocycles. The molecule has 0 spiro atoms. The highest BCUT2D eigenvalue weighted by molar-refractivity contribution is 8.17. The first-order chi connectivity index (χ1) is 9.79. The number of allylic oxidation sites excluding steroid dienone is 2. The highest BCUT2D eigenvalue weighted by atomic mass is 32.2. The molecular weight excluding hydrogens is 315 g/mol. The van der Waals surface area contributed by atoms with E-state index in [4.69, 9.17) is 5.73 Å². The van der Waals surface area contributed by atoms with E-state index in [1.165, 1.54) is 23.9 Å². The molecule has 0 amide bonds. The number of benzene rings is 1. The van der Waals surface area contributed by atoms with E-state index >= 15 is 0 Å². The van der Waals surface area contributed by atoms with Gasteiger partial charge < -0.3 is 5.73 Å². The Balaban J connectivity index is 2.86. The molecule has 0 unspecified atom stereocenters. The first-order valence-electron chi connectivity index (χ1n) is 5.97. The van der Waals surface area contributed by atoms with Crippen LogP contribution in [0, 0.1) is 6.92 Å². The summed E-state index contributed by atoms with van der Waals surface area (Å²) < 4.78 is 39.0. The van der Waals surface area contributed by atoms with E-state index in [1.54, 1.807) is 19.1 Å². The van der Waals surface area contributed by atoms with Crippen molar-refractivity contribution < 1.29 is 13.2 Å². The molecule has 1 aromatic rings. The lowest BCUT2D eigenvalue weighted by molar-refractivity contribution is -0.139. The third kappa shape index (κ3) is 5.21.